The van der Waals surface area contributed by atoms with Crippen molar-refractivity contribution in [2.45, 2.75) is 27.7 Å². The second kappa shape index (κ2) is 12.9. The van der Waals surface area contributed by atoms with E-state index in [2.05, 4.69) is 31.0 Å². The minimum Gasteiger partial charge on any atom is -0.496 e. The number of nitrogens with zero attached hydrogens (tertiary/aromatic N) is 4. The number of hydrogen-bond acceptors (Lipinski definition) is 12. The van der Waals surface area contributed by atoms with Gasteiger partial charge >= 0.3 is 0 Å². The lowest BCUT2D eigenvalue weighted by atomic mass is 10.1. The molecule has 14 heteroatoms. The number of H-pyrrole nitrogens is 1. The van der Waals surface area contributed by atoms with Crippen molar-refractivity contribution >= 4 is 45.7 Å². The maximum Gasteiger partial charge on any atom is 0.286 e. The van der Waals surface area contributed by atoms with Gasteiger partial charge in [-0.3, -0.25) is 33.6 Å². The third-order valence-electron chi connectivity index (χ3n) is 6.51. The number of fused-ring (bicyclic) bond motifs is 1. The molecule has 226 valence electrons. The number of ketones is 4. The van der Waals surface area contributed by atoms with Crippen LogP contribution in [0.1, 0.15) is 27.7 Å². The highest BCUT2D eigenvalue weighted by atomic mass is 16.5. The van der Waals surface area contributed by atoms with Gasteiger partial charge in [-0.25, -0.2) is 4.98 Å². The quantitative estimate of drug-likeness (QED) is 0.123. The van der Waals surface area contributed by atoms with Crippen LogP contribution in [0.15, 0.2) is 64.7 Å². The molecule has 3 N–H and O–H groups in total. The second-order valence-corrected chi connectivity index (χ2v) is 9.52. The van der Waals surface area contributed by atoms with Gasteiger partial charge in [0.15, 0.2) is 34.5 Å². The molecule has 4 aromatic rings. The van der Waals surface area contributed by atoms with Crippen molar-refractivity contribution in [1.29, 1.82) is 0 Å². The number of carbonyl (C=O) groups is 4. The Kier molecular flexibility index (Phi) is 9.12. The summed E-state index contributed by atoms with van der Waals surface area (Å²) in [4.78, 5) is 66.2. The fourth-order valence-corrected chi connectivity index (χ4v) is 4.35. The van der Waals surface area contributed by atoms with E-state index >= 15 is 0 Å². The topological polar surface area (TPSA) is 187 Å². The van der Waals surface area contributed by atoms with Crippen LogP contribution < -0.4 is 25.7 Å². The van der Waals surface area contributed by atoms with Gasteiger partial charge in [-0.05, 0) is 64.1 Å². The van der Waals surface area contributed by atoms with Crippen LogP contribution in [0.2, 0.25) is 0 Å². The number of methoxy groups -OCH3 is 2. The van der Waals surface area contributed by atoms with Crippen LogP contribution in [-0.2, 0) is 19.2 Å². The fourth-order valence-electron chi connectivity index (χ4n) is 4.35. The molecule has 0 atom stereocenters. The maximum absolute atomic E-state index is 14.0. The normalized spacial score (nSPS) is 10.5. The number of aromatic amines is 1. The molecule has 0 unspecified atom stereocenters. The first-order chi connectivity index (χ1) is 21.0. The number of hydrogen-bond donors (Lipinski definition) is 3. The highest BCUT2D eigenvalue weighted by molar-refractivity contribution is 6.19. The van der Waals surface area contributed by atoms with Crippen LogP contribution in [0.25, 0.3) is 28.2 Å². The lowest BCUT2D eigenvalue weighted by Crippen LogP contribution is -2.23. The third-order valence-corrected chi connectivity index (χ3v) is 6.51. The van der Waals surface area contributed by atoms with Crippen molar-refractivity contribution in [2.75, 3.05) is 24.9 Å². The van der Waals surface area contributed by atoms with Gasteiger partial charge < -0.3 is 20.1 Å². The molecule has 0 fully saturated rings. The number of ether oxygens (including phenoxy) is 2. The Morgan fingerprint density at radius 2 is 1.32 bits per heavy atom. The number of Topliss-reactive ketones (excluding diaryl/α,β-unsaturated/α-hetero) is 4. The van der Waals surface area contributed by atoms with E-state index in [1.54, 1.807) is 36.4 Å². The molecule has 2 aromatic heterocycles. The SMILES string of the molecule is COc1ccc(NC=C(C(C)=O)C(C)=O)cc1-c1nc2nn[nH]c2c(=O)n1-c1cc(NC=C(C(C)=O)C(C)=O)ccc1OC. The van der Waals surface area contributed by atoms with Gasteiger partial charge in [0, 0.05) is 23.8 Å². The van der Waals surface area contributed by atoms with Crippen LogP contribution in [-0.4, -0.2) is 62.3 Å². The molecule has 0 saturated carbocycles. The van der Waals surface area contributed by atoms with E-state index in [0.29, 0.717) is 28.4 Å². The Morgan fingerprint density at radius 1 is 0.795 bits per heavy atom. The summed E-state index contributed by atoms with van der Waals surface area (Å²) in [6, 6.07) is 9.74. The van der Waals surface area contributed by atoms with E-state index < -0.39 is 28.7 Å². The standard InChI is InChI=1S/C30H29N7O7/c1-15(38)22(16(2)39)13-31-19-7-9-25(43-5)21(11-19)29-33-28-27(34-36-35-28)30(42)37(29)24-12-20(8-10-26(24)44-6)32-14-23(17(3)40)18(4)41/h7-14,31-32H,1-6H3,(H,34,35,36). The summed E-state index contributed by atoms with van der Waals surface area (Å²) in [5.41, 5.74) is 0.910. The molecule has 44 heavy (non-hydrogen) atoms. The van der Waals surface area contributed by atoms with Crippen molar-refractivity contribution < 1.29 is 28.7 Å². The van der Waals surface area contributed by atoms with Gasteiger partial charge in [-0.2, -0.15) is 0 Å². The molecule has 4 rings (SSSR count). The molecular weight excluding hydrogens is 570 g/mol. The van der Waals surface area contributed by atoms with Gasteiger partial charge in [-0.15, -0.1) is 5.10 Å². The zero-order valence-corrected chi connectivity index (χ0v) is 24.8. The summed E-state index contributed by atoms with van der Waals surface area (Å²) in [5, 5.41) is 16.1. The van der Waals surface area contributed by atoms with Crippen LogP contribution in [0, 0.1) is 0 Å². The molecule has 0 bridgehead atoms. The summed E-state index contributed by atoms with van der Waals surface area (Å²) in [6.07, 6.45) is 2.60. The van der Waals surface area contributed by atoms with Crippen LogP contribution in [0.3, 0.4) is 0 Å². The largest absolute Gasteiger partial charge is 0.496 e. The third kappa shape index (κ3) is 6.28. The highest BCUT2D eigenvalue weighted by Crippen LogP contribution is 2.35. The van der Waals surface area contributed by atoms with Gasteiger partial charge in [0.1, 0.15) is 11.5 Å². The van der Waals surface area contributed by atoms with Gasteiger partial charge in [0.2, 0.25) is 5.65 Å². The molecule has 0 spiro atoms. The molecular formula is C30H29N7O7. The first-order valence-electron chi connectivity index (χ1n) is 13.1. The average molecular weight is 600 g/mol. The van der Waals surface area contributed by atoms with Gasteiger partial charge in [0.05, 0.1) is 36.6 Å². The number of aromatic nitrogens is 5. The Bertz CT molecular complexity index is 1900. The molecule has 0 amide bonds. The zero-order chi connectivity index (χ0) is 32.1. The van der Waals surface area contributed by atoms with Gasteiger partial charge in [-0.1, -0.05) is 5.21 Å². The van der Waals surface area contributed by atoms with Crippen LogP contribution in [0.5, 0.6) is 11.5 Å². The van der Waals surface area contributed by atoms with Crippen molar-refractivity contribution in [3.05, 3.63) is 70.3 Å². The summed E-state index contributed by atoms with van der Waals surface area (Å²) < 4.78 is 12.5. The minimum absolute atomic E-state index is 0.0215. The molecule has 2 aromatic carbocycles. The Morgan fingerprint density at radius 3 is 1.84 bits per heavy atom. The molecule has 0 saturated heterocycles. The number of anilines is 2. The second-order valence-electron chi connectivity index (χ2n) is 9.52. The summed E-state index contributed by atoms with van der Waals surface area (Å²) in [7, 11) is 2.88. The minimum atomic E-state index is -0.565. The summed E-state index contributed by atoms with van der Waals surface area (Å²) in [6.45, 7) is 5.15. The summed E-state index contributed by atoms with van der Waals surface area (Å²) >= 11 is 0. The number of benzene rings is 2. The van der Waals surface area contributed by atoms with Crippen molar-refractivity contribution in [3.63, 3.8) is 0 Å². The zero-order valence-electron chi connectivity index (χ0n) is 24.8. The van der Waals surface area contributed by atoms with E-state index in [1.165, 1.54) is 58.9 Å². The first kappa shape index (κ1) is 31.0. The molecule has 0 radical (unpaired) electrons. The predicted molar refractivity (Wildman–Crippen MR) is 162 cm³/mol. The fraction of sp³-hybridized carbons (Fsp3) is 0.200. The van der Waals surface area contributed by atoms with Crippen LogP contribution >= 0.6 is 0 Å². The van der Waals surface area contributed by atoms with Crippen LogP contribution in [0.4, 0.5) is 11.4 Å². The van der Waals surface area contributed by atoms with Crippen molar-refractivity contribution in [1.82, 2.24) is 25.0 Å². The van der Waals surface area contributed by atoms with E-state index in [1.807, 2.05) is 0 Å². The molecule has 0 aliphatic rings. The smallest absolute Gasteiger partial charge is 0.286 e. The van der Waals surface area contributed by atoms with Gasteiger partial charge in [0.25, 0.3) is 5.56 Å². The average Bonchev–Trinajstić information content (AvgIpc) is 3.45. The Labute approximate surface area is 250 Å². The molecule has 14 nitrogen and oxygen atoms in total. The molecule has 0 aliphatic carbocycles. The monoisotopic (exact) mass is 599 g/mol. The molecule has 2 heterocycles. The Hall–Kier alpha value is -5.92. The number of rotatable bonds is 12. The number of nitrogens with one attached hydrogen (secondary N) is 3. The highest BCUT2D eigenvalue weighted by Gasteiger charge is 2.22. The first-order valence-corrected chi connectivity index (χ1v) is 13.1. The number of allylic oxidation sites excluding steroid dienone is 2. The van der Waals surface area contributed by atoms with E-state index in [0.717, 1.165) is 0 Å². The molecule has 0 aliphatic heterocycles. The van der Waals surface area contributed by atoms with E-state index in [4.69, 9.17) is 9.47 Å². The van der Waals surface area contributed by atoms with E-state index in [9.17, 15) is 24.0 Å². The van der Waals surface area contributed by atoms with Crippen molar-refractivity contribution in [2.24, 2.45) is 0 Å². The number of carbonyl (C=O) groups excluding carboxylic acids is 4. The van der Waals surface area contributed by atoms with Crippen molar-refractivity contribution in [3.8, 4) is 28.6 Å². The van der Waals surface area contributed by atoms with E-state index in [-0.39, 0.29) is 33.8 Å². The predicted octanol–water partition coefficient (Wildman–Crippen LogP) is 3.14. The summed E-state index contributed by atoms with van der Waals surface area (Å²) in [5.74, 6) is -0.900. The lowest BCUT2D eigenvalue weighted by Gasteiger charge is -2.18. The lowest BCUT2D eigenvalue weighted by molar-refractivity contribution is -0.120. The Balaban J connectivity index is 1.97. The maximum atomic E-state index is 14.0.